The Morgan fingerprint density at radius 1 is 0.492 bits per heavy atom. The van der Waals surface area contributed by atoms with E-state index >= 15 is 0 Å². The fraction of sp³-hybridized carbons (Fsp3) is 0.789. The first-order valence-electron chi connectivity index (χ1n) is 27.1. The third-order valence-corrected chi connectivity index (χ3v) is 12.1. The maximum atomic E-state index is 13.2. The van der Waals surface area contributed by atoms with Crippen LogP contribution in [0.1, 0.15) is 265 Å². The molecule has 1 amide bonds. The second-order valence-electron chi connectivity index (χ2n) is 18.3. The van der Waals surface area contributed by atoms with Gasteiger partial charge in [-0.1, -0.05) is 249 Å². The lowest BCUT2D eigenvalue weighted by molar-refractivity contribution is -0.148. The zero-order chi connectivity index (χ0) is 45.9. The molecule has 6 heteroatoms. The number of esters is 1. The summed E-state index contributed by atoms with van der Waals surface area (Å²) in [5.74, 6) is -0.622. The molecule has 3 unspecified atom stereocenters. The van der Waals surface area contributed by atoms with Gasteiger partial charge in [-0.2, -0.15) is 0 Å². The molecule has 0 aliphatic carbocycles. The summed E-state index contributed by atoms with van der Waals surface area (Å²) in [5, 5.41) is 23.7. The molecule has 63 heavy (non-hydrogen) atoms. The van der Waals surface area contributed by atoms with Crippen LogP contribution in [-0.4, -0.2) is 46.9 Å². The molecule has 6 nitrogen and oxygen atoms in total. The molecule has 0 aromatic rings. The summed E-state index contributed by atoms with van der Waals surface area (Å²) >= 11 is 0. The second kappa shape index (κ2) is 50.6. The van der Waals surface area contributed by atoms with Crippen LogP contribution in [0.15, 0.2) is 60.8 Å². The average Bonchev–Trinajstić information content (AvgIpc) is 3.28. The Hall–Kier alpha value is -2.44. The lowest BCUT2D eigenvalue weighted by Crippen LogP contribution is -2.46. The van der Waals surface area contributed by atoms with Gasteiger partial charge in [-0.3, -0.25) is 9.59 Å². The summed E-state index contributed by atoms with van der Waals surface area (Å²) in [4.78, 5) is 26.1. The van der Waals surface area contributed by atoms with Crippen molar-refractivity contribution >= 4 is 11.9 Å². The number of hydrogen-bond acceptors (Lipinski definition) is 5. The fourth-order valence-corrected chi connectivity index (χ4v) is 7.99. The number of unbranched alkanes of at least 4 members (excludes halogenated alkanes) is 30. The SMILES string of the molecule is CCCCCCC/C=C/C=C/C=C/CCCCCCCC(=O)OC(/C=C/C/C=C\CCCCCCCC)CC(=O)NC(CO)C(O)CCCCCCCCCCCCCCCCC. The second-order valence-corrected chi connectivity index (χ2v) is 18.3. The Labute approximate surface area is 390 Å². The Kier molecular flexibility index (Phi) is 48.6. The molecule has 0 bridgehead atoms. The molecule has 0 spiro atoms. The van der Waals surface area contributed by atoms with E-state index in [-0.39, 0.29) is 24.9 Å². The van der Waals surface area contributed by atoms with Gasteiger partial charge in [-0.25, -0.2) is 0 Å². The topological polar surface area (TPSA) is 95.9 Å². The van der Waals surface area contributed by atoms with Gasteiger partial charge in [0.15, 0.2) is 0 Å². The van der Waals surface area contributed by atoms with E-state index < -0.39 is 18.2 Å². The number of carbonyl (C=O) groups excluding carboxylic acids is 2. The predicted octanol–water partition coefficient (Wildman–Crippen LogP) is 16.4. The van der Waals surface area contributed by atoms with Crippen molar-refractivity contribution in [2.45, 2.75) is 283 Å². The Morgan fingerprint density at radius 2 is 0.905 bits per heavy atom. The smallest absolute Gasteiger partial charge is 0.306 e. The number of nitrogens with one attached hydrogen (secondary N) is 1. The Morgan fingerprint density at radius 3 is 1.37 bits per heavy atom. The Bertz CT molecular complexity index is 1130. The zero-order valence-electron chi connectivity index (χ0n) is 41.7. The van der Waals surface area contributed by atoms with Gasteiger partial charge >= 0.3 is 5.97 Å². The highest BCUT2D eigenvalue weighted by Crippen LogP contribution is 2.16. The molecule has 0 heterocycles. The van der Waals surface area contributed by atoms with Crippen LogP contribution in [-0.2, 0) is 14.3 Å². The average molecular weight is 882 g/mol. The van der Waals surface area contributed by atoms with Crippen molar-refractivity contribution in [2.24, 2.45) is 0 Å². The quantitative estimate of drug-likeness (QED) is 0.0245. The van der Waals surface area contributed by atoms with Crippen molar-refractivity contribution in [3.63, 3.8) is 0 Å². The lowest BCUT2D eigenvalue weighted by atomic mass is 10.0. The zero-order valence-corrected chi connectivity index (χ0v) is 41.7. The van der Waals surface area contributed by atoms with Gasteiger partial charge in [0.1, 0.15) is 6.10 Å². The first-order valence-corrected chi connectivity index (χ1v) is 27.1. The fourth-order valence-electron chi connectivity index (χ4n) is 7.99. The highest BCUT2D eigenvalue weighted by molar-refractivity contribution is 5.78. The van der Waals surface area contributed by atoms with E-state index in [0.29, 0.717) is 19.3 Å². The lowest BCUT2D eigenvalue weighted by Gasteiger charge is -2.23. The van der Waals surface area contributed by atoms with Crippen molar-refractivity contribution < 1.29 is 24.5 Å². The molecule has 0 aromatic carbocycles. The van der Waals surface area contributed by atoms with Crippen LogP contribution < -0.4 is 5.32 Å². The van der Waals surface area contributed by atoms with Crippen molar-refractivity contribution in [2.75, 3.05) is 6.61 Å². The largest absolute Gasteiger partial charge is 0.458 e. The molecule has 0 rings (SSSR count). The number of allylic oxidation sites excluding steroid dienone is 9. The summed E-state index contributed by atoms with van der Waals surface area (Å²) in [6.07, 6.45) is 63.1. The van der Waals surface area contributed by atoms with E-state index in [4.69, 9.17) is 4.74 Å². The van der Waals surface area contributed by atoms with Crippen LogP contribution >= 0.6 is 0 Å². The standard InChI is InChI=1S/C57H103NO5/c1-4-7-10-13-16-19-22-24-26-27-28-30-32-35-38-41-44-47-50-57(62)63-53(48-45-42-39-36-33-21-18-15-12-9-6-3)51-56(61)58-54(52-59)55(60)49-46-43-40-37-34-31-29-25-23-20-17-14-11-8-5-2/h22,24,26-28,30,36,39,45,48,53-55,59-60H,4-21,23,25,29,31-35,37-38,40-44,46-47,49-52H2,1-3H3,(H,58,61)/b24-22+,27-26+,30-28+,39-36-,48-45+. The third kappa shape index (κ3) is 45.9. The summed E-state index contributed by atoms with van der Waals surface area (Å²) in [6.45, 7) is 6.43. The van der Waals surface area contributed by atoms with E-state index in [9.17, 15) is 19.8 Å². The van der Waals surface area contributed by atoms with Crippen molar-refractivity contribution in [1.29, 1.82) is 0 Å². The van der Waals surface area contributed by atoms with Crippen molar-refractivity contribution in [3.05, 3.63) is 60.8 Å². The summed E-state index contributed by atoms with van der Waals surface area (Å²) in [7, 11) is 0. The molecule has 0 aromatic heterocycles. The number of ether oxygens (including phenoxy) is 1. The normalized spacial score (nSPS) is 13.7. The molecule has 0 aliphatic heterocycles. The van der Waals surface area contributed by atoms with E-state index in [1.807, 2.05) is 12.2 Å². The van der Waals surface area contributed by atoms with Crippen LogP contribution in [0.4, 0.5) is 0 Å². The number of amides is 1. The minimum absolute atomic E-state index is 0.0377. The monoisotopic (exact) mass is 882 g/mol. The molecule has 0 radical (unpaired) electrons. The molecule has 0 aliphatic rings. The van der Waals surface area contributed by atoms with Gasteiger partial charge in [0.2, 0.25) is 5.91 Å². The minimum atomic E-state index is -0.816. The number of aliphatic hydroxyl groups is 2. The molecular formula is C57H103NO5. The van der Waals surface area contributed by atoms with Crippen LogP contribution in [0.25, 0.3) is 0 Å². The maximum absolute atomic E-state index is 13.2. The maximum Gasteiger partial charge on any atom is 0.306 e. The Balaban J connectivity index is 4.60. The number of carbonyl (C=O) groups is 2. The van der Waals surface area contributed by atoms with Gasteiger partial charge in [0.05, 0.1) is 25.2 Å². The molecular weight excluding hydrogens is 779 g/mol. The highest BCUT2D eigenvalue weighted by Gasteiger charge is 2.23. The predicted molar refractivity (Wildman–Crippen MR) is 273 cm³/mol. The van der Waals surface area contributed by atoms with Crippen LogP contribution in [0, 0.1) is 0 Å². The van der Waals surface area contributed by atoms with Crippen molar-refractivity contribution in [3.8, 4) is 0 Å². The highest BCUT2D eigenvalue weighted by atomic mass is 16.5. The molecule has 3 N–H and O–H groups in total. The number of hydrogen-bond donors (Lipinski definition) is 3. The van der Waals surface area contributed by atoms with Gasteiger partial charge in [-0.15, -0.1) is 0 Å². The number of rotatable bonds is 48. The van der Waals surface area contributed by atoms with E-state index in [0.717, 1.165) is 64.2 Å². The molecule has 0 saturated heterocycles. The molecule has 366 valence electrons. The molecule has 0 fully saturated rings. The van der Waals surface area contributed by atoms with Crippen LogP contribution in [0.5, 0.6) is 0 Å². The van der Waals surface area contributed by atoms with Crippen LogP contribution in [0.2, 0.25) is 0 Å². The molecule has 0 saturated carbocycles. The van der Waals surface area contributed by atoms with Crippen LogP contribution in [0.3, 0.4) is 0 Å². The van der Waals surface area contributed by atoms with Gasteiger partial charge < -0.3 is 20.3 Å². The van der Waals surface area contributed by atoms with E-state index in [2.05, 4.69) is 74.7 Å². The van der Waals surface area contributed by atoms with E-state index in [1.54, 1.807) is 0 Å². The van der Waals surface area contributed by atoms with Gasteiger partial charge in [0, 0.05) is 6.42 Å². The van der Waals surface area contributed by atoms with Gasteiger partial charge in [0.25, 0.3) is 0 Å². The third-order valence-electron chi connectivity index (χ3n) is 12.1. The first-order chi connectivity index (χ1) is 31.0. The summed E-state index contributed by atoms with van der Waals surface area (Å²) < 4.78 is 5.83. The number of aliphatic hydroxyl groups excluding tert-OH is 2. The van der Waals surface area contributed by atoms with Gasteiger partial charge in [-0.05, 0) is 63.9 Å². The first kappa shape index (κ1) is 60.6. The molecule has 3 atom stereocenters. The summed E-state index contributed by atoms with van der Waals surface area (Å²) in [6, 6.07) is -0.738. The van der Waals surface area contributed by atoms with Crippen molar-refractivity contribution in [1.82, 2.24) is 5.32 Å². The minimum Gasteiger partial charge on any atom is -0.458 e. The van der Waals surface area contributed by atoms with E-state index in [1.165, 1.54) is 154 Å². The summed E-state index contributed by atoms with van der Waals surface area (Å²) in [5.41, 5.74) is 0.